The number of hydrogen-bond acceptors (Lipinski definition) is 1. The third-order valence-electron chi connectivity index (χ3n) is 3.34. The van der Waals surface area contributed by atoms with E-state index in [1.165, 1.54) is 38.5 Å². The Hall–Kier alpha value is -0.730. The quantitative estimate of drug-likeness (QED) is 0.739. The maximum absolute atomic E-state index is 11.1. The summed E-state index contributed by atoms with van der Waals surface area (Å²) in [5.74, 6) is 0.910. The topological polar surface area (TPSA) is 41.1 Å². The van der Waals surface area contributed by atoms with Gasteiger partial charge in [-0.15, -0.1) is 0 Å². The molecule has 2 N–H and O–H groups in total. The fraction of sp³-hybridized carbons (Fsp3) is 0.917. The van der Waals surface area contributed by atoms with Crippen molar-refractivity contribution < 1.29 is 4.79 Å². The molecule has 0 aliphatic heterocycles. The van der Waals surface area contributed by atoms with Crippen molar-refractivity contribution in [2.45, 2.75) is 57.9 Å². The van der Waals surface area contributed by atoms with E-state index in [2.05, 4.69) is 17.6 Å². The van der Waals surface area contributed by atoms with Crippen LogP contribution in [0.4, 0.5) is 4.79 Å². The highest BCUT2D eigenvalue weighted by Gasteiger charge is 2.14. The molecule has 88 valence electrons. The van der Waals surface area contributed by atoms with E-state index in [1.54, 1.807) is 7.05 Å². The molecule has 0 heterocycles. The Bertz CT molecular complexity index is 188. The van der Waals surface area contributed by atoms with Gasteiger partial charge in [0.05, 0.1) is 0 Å². The summed E-state index contributed by atoms with van der Waals surface area (Å²) in [5, 5.41) is 5.50. The van der Waals surface area contributed by atoms with E-state index in [0.717, 1.165) is 12.3 Å². The lowest BCUT2D eigenvalue weighted by Crippen LogP contribution is -2.39. The molecule has 0 saturated heterocycles. The summed E-state index contributed by atoms with van der Waals surface area (Å²) >= 11 is 0. The Kier molecular flexibility index (Phi) is 5.51. The van der Waals surface area contributed by atoms with E-state index in [0.29, 0.717) is 6.04 Å². The summed E-state index contributed by atoms with van der Waals surface area (Å²) in [6.45, 7) is 2.08. The molecule has 1 saturated carbocycles. The molecule has 0 spiro atoms. The molecule has 0 aromatic heterocycles. The van der Waals surface area contributed by atoms with E-state index in [1.807, 2.05) is 0 Å². The van der Waals surface area contributed by atoms with E-state index >= 15 is 0 Å². The standard InChI is InChI=1S/C12H24N2O/c1-10(14-12(15)13-2)8-9-11-6-4-3-5-7-11/h10-11H,3-9H2,1-2H3,(H2,13,14,15). The first kappa shape index (κ1) is 12.3. The molecule has 1 aliphatic rings. The van der Waals surface area contributed by atoms with Crippen molar-refractivity contribution in [2.75, 3.05) is 7.05 Å². The molecule has 1 unspecified atom stereocenters. The van der Waals surface area contributed by atoms with Crippen LogP contribution in [0.2, 0.25) is 0 Å². The third-order valence-corrected chi connectivity index (χ3v) is 3.34. The van der Waals surface area contributed by atoms with Crippen LogP contribution in [0.5, 0.6) is 0 Å². The lowest BCUT2D eigenvalue weighted by molar-refractivity contribution is 0.237. The van der Waals surface area contributed by atoms with E-state index in [4.69, 9.17) is 0 Å². The Balaban J connectivity index is 2.09. The number of urea groups is 1. The zero-order valence-electron chi connectivity index (χ0n) is 10.0. The molecule has 1 aliphatic carbocycles. The molecule has 2 amide bonds. The van der Waals surface area contributed by atoms with Gasteiger partial charge in [0.2, 0.25) is 0 Å². The molecule has 15 heavy (non-hydrogen) atoms. The second kappa shape index (κ2) is 6.70. The number of rotatable bonds is 4. The number of hydrogen-bond donors (Lipinski definition) is 2. The van der Waals surface area contributed by atoms with Gasteiger partial charge in [0, 0.05) is 13.1 Å². The number of amides is 2. The van der Waals surface area contributed by atoms with Crippen LogP contribution in [-0.2, 0) is 0 Å². The summed E-state index contributed by atoms with van der Waals surface area (Å²) in [4.78, 5) is 11.1. The zero-order chi connectivity index (χ0) is 11.1. The highest BCUT2D eigenvalue weighted by Crippen LogP contribution is 2.27. The van der Waals surface area contributed by atoms with Gasteiger partial charge < -0.3 is 10.6 Å². The van der Waals surface area contributed by atoms with Gasteiger partial charge in [-0.25, -0.2) is 4.79 Å². The minimum Gasteiger partial charge on any atom is -0.341 e. The molecule has 3 heteroatoms. The maximum atomic E-state index is 11.1. The lowest BCUT2D eigenvalue weighted by atomic mass is 9.85. The van der Waals surface area contributed by atoms with Crippen LogP contribution in [-0.4, -0.2) is 19.1 Å². The summed E-state index contributed by atoms with van der Waals surface area (Å²) in [7, 11) is 1.66. The van der Waals surface area contributed by atoms with Crippen LogP contribution < -0.4 is 10.6 Å². The number of carbonyl (C=O) groups is 1. The molecule has 0 aromatic rings. The van der Waals surface area contributed by atoms with Gasteiger partial charge in [-0.3, -0.25) is 0 Å². The van der Waals surface area contributed by atoms with Gasteiger partial charge in [0.15, 0.2) is 0 Å². The molecule has 3 nitrogen and oxygen atoms in total. The minimum absolute atomic E-state index is 0.0638. The Morgan fingerprint density at radius 3 is 2.60 bits per heavy atom. The highest BCUT2D eigenvalue weighted by atomic mass is 16.2. The Labute approximate surface area is 93.0 Å². The zero-order valence-corrected chi connectivity index (χ0v) is 10.0. The number of nitrogens with one attached hydrogen (secondary N) is 2. The van der Waals surface area contributed by atoms with Crippen LogP contribution in [0.3, 0.4) is 0 Å². The summed E-state index contributed by atoms with van der Waals surface area (Å²) in [6.07, 6.45) is 9.40. The van der Waals surface area contributed by atoms with Crippen molar-refractivity contribution in [3.8, 4) is 0 Å². The summed E-state index contributed by atoms with van der Waals surface area (Å²) < 4.78 is 0. The lowest BCUT2D eigenvalue weighted by Gasteiger charge is -2.23. The van der Waals surface area contributed by atoms with Crippen molar-refractivity contribution in [1.82, 2.24) is 10.6 Å². The molecule has 1 fully saturated rings. The van der Waals surface area contributed by atoms with Gasteiger partial charge in [-0.2, -0.15) is 0 Å². The Morgan fingerprint density at radius 2 is 2.00 bits per heavy atom. The molecule has 0 aromatic carbocycles. The van der Waals surface area contributed by atoms with Gasteiger partial charge in [-0.1, -0.05) is 32.1 Å². The number of carbonyl (C=O) groups excluding carboxylic acids is 1. The fourth-order valence-corrected chi connectivity index (χ4v) is 2.33. The monoisotopic (exact) mass is 212 g/mol. The average molecular weight is 212 g/mol. The minimum atomic E-state index is -0.0638. The molecule has 1 rings (SSSR count). The first-order valence-electron chi connectivity index (χ1n) is 6.20. The van der Waals surface area contributed by atoms with Crippen LogP contribution in [0.15, 0.2) is 0 Å². The van der Waals surface area contributed by atoms with Crippen molar-refractivity contribution in [1.29, 1.82) is 0 Å². The predicted octanol–water partition coefficient (Wildman–Crippen LogP) is 2.66. The summed E-state index contributed by atoms with van der Waals surface area (Å²) in [5.41, 5.74) is 0. The second-order valence-corrected chi connectivity index (χ2v) is 4.71. The van der Waals surface area contributed by atoms with Gasteiger partial charge in [-0.05, 0) is 25.7 Å². The predicted molar refractivity (Wildman–Crippen MR) is 62.9 cm³/mol. The molecule has 1 atom stereocenters. The SMILES string of the molecule is CNC(=O)NC(C)CCC1CCCCC1. The van der Waals surface area contributed by atoms with E-state index < -0.39 is 0 Å². The fourth-order valence-electron chi connectivity index (χ4n) is 2.33. The van der Waals surface area contributed by atoms with Crippen molar-refractivity contribution >= 4 is 6.03 Å². The van der Waals surface area contributed by atoms with Crippen molar-refractivity contribution in [3.63, 3.8) is 0 Å². The molecular formula is C12H24N2O. The highest BCUT2D eigenvalue weighted by molar-refractivity contribution is 5.73. The van der Waals surface area contributed by atoms with Crippen LogP contribution in [0.25, 0.3) is 0 Å². The first-order valence-corrected chi connectivity index (χ1v) is 6.20. The average Bonchev–Trinajstić information content (AvgIpc) is 2.27. The van der Waals surface area contributed by atoms with Gasteiger partial charge >= 0.3 is 6.03 Å². The van der Waals surface area contributed by atoms with E-state index in [-0.39, 0.29) is 6.03 Å². The van der Waals surface area contributed by atoms with E-state index in [9.17, 15) is 4.79 Å². The normalized spacial score (nSPS) is 19.6. The van der Waals surface area contributed by atoms with Crippen molar-refractivity contribution in [3.05, 3.63) is 0 Å². The molecule has 0 bridgehead atoms. The van der Waals surface area contributed by atoms with Crippen LogP contribution in [0, 0.1) is 5.92 Å². The third kappa shape index (κ3) is 5.05. The van der Waals surface area contributed by atoms with Crippen LogP contribution >= 0.6 is 0 Å². The van der Waals surface area contributed by atoms with Crippen molar-refractivity contribution in [2.24, 2.45) is 5.92 Å². The summed E-state index contributed by atoms with van der Waals surface area (Å²) in [6, 6.07) is 0.234. The largest absolute Gasteiger partial charge is 0.341 e. The maximum Gasteiger partial charge on any atom is 0.314 e. The Morgan fingerprint density at radius 1 is 1.33 bits per heavy atom. The van der Waals surface area contributed by atoms with Gasteiger partial charge in [0.1, 0.15) is 0 Å². The van der Waals surface area contributed by atoms with Crippen LogP contribution in [0.1, 0.15) is 51.9 Å². The molecule has 0 radical (unpaired) electrons. The van der Waals surface area contributed by atoms with Gasteiger partial charge in [0.25, 0.3) is 0 Å². The second-order valence-electron chi connectivity index (χ2n) is 4.71. The molecular weight excluding hydrogens is 188 g/mol. The first-order chi connectivity index (χ1) is 7.22. The smallest absolute Gasteiger partial charge is 0.314 e.